The first kappa shape index (κ1) is 17.8. The summed E-state index contributed by atoms with van der Waals surface area (Å²) in [4.78, 5) is 12.9. The second-order valence-electron chi connectivity index (χ2n) is 5.49. The van der Waals surface area contributed by atoms with Gasteiger partial charge in [0.15, 0.2) is 6.20 Å². The van der Waals surface area contributed by atoms with E-state index in [9.17, 15) is 10.0 Å². The third kappa shape index (κ3) is 4.34. The Bertz CT molecular complexity index is 887. The number of pyridine rings is 1. The Kier molecular flexibility index (Phi) is 5.76. The molecule has 0 fully saturated rings. The van der Waals surface area contributed by atoms with Gasteiger partial charge in [0.25, 0.3) is 5.03 Å². The van der Waals surface area contributed by atoms with Crippen LogP contribution in [-0.4, -0.2) is 13.0 Å². The van der Waals surface area contributed by atoms with Crippen molar-refractivity contribution in [2.45, 2.75) is 10.3 Å². The van der Waals surface area contributed by atoms with E-state index in [2.05, 4.69) is 5.32 Å². The molecule has 0 saturated carbocycles. The number of amides is 1. The number of hydrogen-bond acceptors (Lipinski definition) is 4. The maximum absolute atomic E-state index is 12.9. The summed E-state index contributed by atoms with van der Waals surface area (Å²) in [6, 6.07) is 21.7. The highest BCUT2D eigenvalue weighted by molar-refractivity contribution is 8.00. The lowest BCUT2D eigenvalue weighted by atomic mass is 10.1. The first-order chi connectivity index (χ1) is 12.7. The van der Waals surface area contributed by atoms with Crippen LogP contribution in [0.2, 0.25) is 0 Å². The van der Waals surface area contributed by atoms with E-state index < -0.39 is 5.25 Å². The Morgan fingerprint density at radius 2 is 1.85 bits per heavy atom. The minimum atomic E-state index is -0.565. The molecule has 0 aliphatic heterocycles. The largest absolute Gasteiger partial charge is 0.618 e. The molecule has 1 heterocycles. The molecular formula is C20H18N2O3S. The van der Waals surface area contributed by atoms with E-state index in [1.165, 1.54) is 18.0 Å². The summed E-state index contributed by atoms with van der Waals surface area (Å²) in [5.74, 6) is 0.450. The summed E-state index contributed by atoms with van der Waals surface area (Å²) in [5.41, 5.74) is 1.46. The van der Waals surface area contributed by atoms with Crippen molar-refractivity contribution >= 4 is 23.4 Å². The molecule has 1 unspecified atom stereocenters. The van der Waals surface area contributed by atoms with Gasteiger partial charge in [0, 0.05) is 23.9 Å². The van der Waals surface area contributed by atoms with Crippen molar-refractivity contribution in [3.05, 3.63) is 89.8 Å². The molecule has 1 amide bonds. The molecule has 5 nitrogen and oxygen atoms in total. The fraction of sp³-hybridized carbons (Fsp3) is 0.100. The van der Waals surface area contributed by atoms with Gasteiger partial charge in [-0.3, -0.25) is 4.79 Å². The standard InChI is InChI=1S/C20H18N2O3S/c1-25-17-11-7-10-16(14-17)21-20(23)19(15-8-3-2-4-9-15)26-18-12-5-6-13-22(18)24/h2-14,19H,1H3,(H,21,23). The third-order valence-electron chi connectivity index (χ3n) is 3.70. The zero-order chi connectivity index (χ0) is 18.4. The van der Waals surface area contributed by atoms with Crippen LogP contribution in [0.25, 0.3) is 0 Å². The summed E-state index contributed by atoms with van der Waals surface area (Å²) >= 11 is 1.21. The summed E-state index contributed by atoms with van der Waals surface area (Å²) in [6.45, 7) is 0. The number of ether oxygens (including phenoxy) is 1. The fourth-order valence-electron chi connectivity index (χ4n) is 2.43. The van der Waals surface area contributed by atoms with Crippen molar-refractivity contribution in [3.63, 3.8) is 0 Å². The zero-order valence-electron chi connectivity index (χ0n) is 14.2. The van der Waals surface area contributed by atoms with E-state index >= 15 is 0 Å². The topological polar surface area (TPSA) is 65.3 Å². The van der Waals surface area contributed by atoms with Gasteiger partial charge in [0.05, 0.1) is 7.11 Å². The summed E-state index contributed by atoms with van der Waals surface area (Å²) in [6.07, 6.45) is 1.42. The lowest BCUT2D eigenvalue weighted by Crippen LogP contribution is -2.29. The number of aromatic nitrogens is 1. The Morgan fingerprint density at radius 1 is 1.08 bits per heavy atom. The lowest BCUT2D eigenvalue weighted by molar-refractivity contribution is -0.645. The normalized spacial score (nSPS) is 11.6. The summed E-state index contributed by atoms with van der Waals surface area (Å²) in [5, 5.41) is 14.8. The van der Waals surface area contributed by atoms with E-state index in [0.29, 0.717) is 16.5 Å². The van der Waals surface area contributed by atoms with Crippen LogP contribution in [0.3, 0.4) is 0 Å². The maximum atomic E-state index is 12.9. The number of carbonyl (C=O) groups excluding carboxylic acids is 1. The minimum Gasteiger partial charge on any atom is -0.618 e. The minimum absolute atomic E-state index is 0.210. The van der Waals surface area contributed by atoms with Gasteiger partial charge >= 0.3 is 0 Å². The molecule has 3 aromatic rings. The van der Waals surface area contributed by atoms with Crippen molar-refractivity contribution < 1.29 is 14.3 Å². The van der Waals surface area contributed by atoms with Crippen molar-refractivity contribution in [1.29, 1.82) is 0 Å². The van der Waals surface area contributed by atoms with Crippen LogP contribution in [0.5, 0.6) is 5.75 Å². The Hall–Kier alpha value is -2.99. The van der Waals surface area contributed by atoms with Crippen LogP contribution in [-0.2, 0) is 4.79 Å². The van der Waals surface area contributed by atoms with Gasteiger partial charge in [0.1, 0.15) is 11.0 Å². The molecule has 0 radical (unpaired) electrons. The molecular weight excluding hydrogens is 348 g/mol. The number of carbonyl (C=O) groups is 1. The van der Waals surface area contributed by atoms with Gasteiger partial charge in [-0.15, -0.1) is 0 Å². The van der Waals surface area contributed by atoms with E-state index in [1.807, 2.05) is 42.5 Å². The predicted octanol–water partition coefficient (Wildman–Crippen LogP) is 3.80. The van der Waals surface area contributed by atoms with Crippen LogP contribution in [0.15, 0.2) is 84.0 Å². The number of nitrogens with zero attached hydrogens (tertiary/aromatic N) is 1. The van der Waals surface area contributed by atoms with Crippen LogP contribution in [0.1, 0.15) is 10.8 Å². The SMILES string of the molecule is COc1cccc(NC(=O)C(Sc2cccc[n+]2[O-])c2ccccc2)c1. The molecule has 3 rings (SSSR count). The van der Waals surface area contributed by atoms with Crippen LogP contribution in [0, 0.1) is 5.21 Å². The molecule has 26 heavy (non-hydrogen) atoms. The second kappa shape index (κ2) is 8.40. The molecule has 0 bridgehead atoms. The average Bonchev–Trinajstić information content (AvgIpc) is 2.68. The number of nitrogens with one attached hydrogen (secondary N) is 1. The summed E-state index contributed by atoms with van der Waals surface area (Å²) in [7, 11) is 1.58. The quantitative estimate of drug-likeness (QED) is 0.409. The average molecular weight is 366 g/mol. The highest BCUT2D eigenvalue weighted by atomic mass is 32.2. The van der Waals surface area contributed by atoms with E-state index in [0.717, 1.165) is 10.3 Å². The van der Waals surface area contributed by atoms with Gasteiger partial charge in [-0.25, -0.2) is 0 Å². The summed E-state index contributed by atoms with van der Waals surface area (Å²) < 4.78 is 5.96. The first-order valence-electron chi connectivity index (χ1n) is 8.02. The molecule has 0 saturated heterocycles. The molecule has 1 N–H and O–H groups in total. The molecule has 0 aliphatic carbocycles. The van der Waals surface area contributed by atoms with Crippen molar-refractivity contribution in [3.8, 4) is 5.75 Å². The van der Waals surface area contributed by atoms with E-state index in [4.69, 9.17) is 4.74 Å². The van der Waals surface area contributed by atoms with Gasteiger partial charge in [-0.2, -0.15) is 4.73 Å². The first-order valence-corrected chi connectivity index (χ1v) is 8.90. The molecule has 132 valence electrons. The molecule has 0 spiro atoms. The van der Waals surface area contributed by atoms with Gasteiger partial charge < -0.3 is 15.3 Å². The van der Waals surface area contributed by atoms with Crippen LogP contribution in [0.4, 0.5) is 5.69 Å². The monoisotopic (exact) mass is 366 g/mol. The van der Waals surface area contributed by atoms with Gasteiger partial charge in [-0.05, 0) is 35.5 Å². The van der Waals surface area contributed by atoms with Gasteiger partial charge in [-0.1, -0.05) is 36.4 Å². The number of thioether (sulfide) groups is 1. The van der Waals surface area contributed by atoms with Crippen molar-refractivity contribution in [1.82, 2.24) is 0 Å². The van der Waals surface area contributed by atoms with Crippen molar-refractivity contribution in [2.24, 2.45) is 0 Å². The van der Waals surface area contributed by atoms with Gasteiger partial charge in [0.2, 0.25) is 5.91 Å². The van der Waals surface area contributed by atoms with E-state index in [-0.39, 0.29) is 5.91 Å². The Labute approximate surface area is 156 Å². The number of benzene rings is 2. The highest BCUT2D eigenvalue weighted by Crippen LogP contribution is 2.34. The highest BCUT2D eigenvalue weighted by Gasteiger charge is 2.25. The molecule has 2 aromatic carbocycles. The van der Waals surface area contributed by atoms with E-state index in [1.54, 1.807) is 37.4 Å². The Balaban J connectivity index is 1.87. The van der Waals surface area contributed by atoms with Crippen LogP contribution < -0.4 is 14.8 Å². The number of rotatable bonds is 6. The molecule has 1 aromatic heterocycles. The number of anilines is 1. The fourth-order valence-corrected chi connectivity index (χ4v) is 3.46. The Morgan fingerprint density at radius 3 is 2.58 bits per heavy atom. The maximum Gasteiger partial charge on any atom is 0.252 e. The molecule has 6 heteroatoms. The van der Waals surface area contributed by atoms with Crippen molar-refractivity contribution in [2.75, 3.05) is 12.4 Å². The zero-order valence-corrected chi connectivity index (χ0v) is 15.0. The number of hydrogen-bond donors (Lipinski definition) is 1. The number of methoxy groups -OCH3 is 1. The molecule has 1 atom stereocenters. The second-order valence-corrected chi connectivity index (χ2v) is 6.62. The lowest BCUT2D eigenvalue weighted by Gasteiger charge is -2.16. The smallest absolute Gasteiger partial charge is 0.252 e. The molecule has 0 aliphatic rings. The predicted molar refractivity (Wildman–Crippen MR) is 102 cm³/mol. The van der Waals surface area contributed by atoms with Crippen LogP contribution >= 0.6 is 11.8 Å². The third-order valence-corrected chi connectivity index (χ3v) is 4.98.